The number of nitriles is 1. The Balaban J connectivity index is 2.24. The highest BCUT2D eigenvalue weighted by Crippen LogP contribution is 2.29. The maximum atomic E-state index is 11.9. The van der Waals surface area contributed by atoms with Crippen molar-refractivity contribution in [2.75, 3.05) is 0 Å². The normalized spacial score (nSPS) is 12.5. The third-order valence-electron chi connectivity index (χ3n) is 3.28. The number of esters is 1. The molecule has 2 rings (SSSR count). The molecule has 0 amide bonds. The van der Waals surface area contributed by atoms with E-state index >= 15 is 0 Å². The van der Waals surface area contributed by atoms with Gasteiger partial charge in [-0.25, -0.2) is 4.79 Å². The number of hydrogen-bond acceptors (Lipinski definition) is 4. The Hall–Kier alpha value is -2.51. The van der Waals surface area contributed by atoms with E-state index in [-0.39, 0.29) is 11.7 Å². The van der Waals surface area contributed by atoms with Gasteiger partial charge >= 0.3 is 5.97 Å². The summed E-state index contributed by atoms with van der Waals surface area (Å²) in [5.41, 5.74) is 0.639. The minimum atomic E-state index is -0.655. The van der Waals surface area contributed by atoms with Gasteiger partial charge in [0.1, 0.15) is 23.2 Å². The molecule has 4 nitrogen and oxygen atoms in total. The van der Waals surface area contributed by atoms with E-state index in [0.717, 1.165) is 5.56 Å². The molecule has 0 aliphatic carbocycles. The molecule has 0 radical (unpaired) electrons. The second-order valence-corrected chi connectivity index (χ2v) is 5.38. The summed E-state index contributed by atoms with van der Waals surface area (Å²) < 4.78 is 10.8. The van der Waals surface area contributed by atoms with Crippen LogP contribution in [0.25, 0.3) is 17.4 Å². The molecule has 0 N–H and O–H groups in total. The second-order valence-electron chi connectivity index (χ2n) is 4.98. The summed E-state index contributed by atoms with van der Waals surface area (Å²) in [6, 6.07) is 12.5. The quantitative estimate of drug-likeness (QED) is 0.447. The molecule has 0 spiro atoms. The summed E-state index contributed by atoms with van der Waals surface area (Å²) >= 11 is 6.12. The Morgan fingerprint density at radius 3 is 2.78 bits per heavy atom. The van der Waals surface area contributed by atoms with Crippen LogP contribution in [0, 0.1) is 11.3 Å². The third kappa shape index (κ3) is 4.24. The largest absolute Gasteiger partial charge is 0.459 e. The minimum absolute atomic E-state index is 0.106. The number of carbonyl (C=O) groups is 1. The Kier molecular flexibility index (Phi) is 5.61. The van der Waals surface area contributed by atoms with Gasteiger partial charge in [-0.2, -0.15) is 5.26 Å². The van der Waals surface area contributed by atoms with Gasteiger partial charge in [-0.15, -0.1) is 0 Å². The van der Waals surface area contributed by atoms with E-state index in [1.165, 1.54) is 6.08 Å². The van der Waals surface area contributed by atoms with Crippen LogP contribution in [0.15, 0.2) is 46.4 Å². The summed E-state index contributed by atoms with van der Waals surface area (Å²) in [7, 11) is 0. The fourth-order valence-electron chi connectivity index (χ4n) is 1.84. The van der Waals surface area contributed by atoms with Crippen molar-refractivity contribution in [1.82, 2.24) is 0 Å². The minimum Gasteiger partial charge on any atom is -0.459 e. The predicted octanol–water partition coefficient (Wildman–Crippen LogP) is 4.85. The van der Waals surface area contributed by atoms with Crippen molar-refractivity contribution in [3.63, 3.8) is 0 Å². The van der Waals surface area contributed by atoms with E-state index in [1.807, 2.05) is 31.2 Å². The van der Waals surface area contributed by atoms with Crippen molar-refractivity contribution >= 4 is 23.6 Å². The highest BCUT2D eigenvalue weighted by molar-refractivity contribution is 6.33. The Morgan fingerprint density at radius 2 is 2.13 bits per heavy atom. The lowest BCUT2D eigenvalue weighted by atomic mass is 10.2. The van der Waals surface area contributed by atoms with Crippen molar-refractivity contribution in [3.05, 3.63) is 52.8 Å². The maximum Gasteiger partial charge on any atom is 0.349 e. The number of furan rings is 1. The molecule has 23 heavy (non-hydrogen) atoms. The molecule has 0 aliphatic heterocycles. The number of halogens is 1. The van der Waals surface area contributed by atoms with E-state index < -0.39 is 5.97 Å². The van der Waals surface area contributed by atoms with Crippen molar-refractivity contribution < 1.29 is 13.9 Å². The monoisotopic (exact) mass is 329 g/mol. The molecule has 0 aliphatic rings. The average molecular weight is 330 g/mol. The predicted molar refractivity (Wildman–Crippen MR) is 88.6 cm³/mol. The van der Waals surface area contributed by atoms with Crippen LogP contribution in [-0.2, 0) is 9.53 Å². The first-order chi connectivity index (χ1) is 11.0. The highest BCUT2D eigenvalue weighted by Gasteiger charge is 2.15. The molecule has 0 unspecified atom stereocenters. The second kappa shape index (κ2) is 7.66. The van der Waals surface area contributed by atoms with Gasteiger partial charge in [-0.1, -0.05) is 30.7 Å². The van der Waals surface area contributed by atoms with Gasteiger partial charge in [-0.3, -0.25) is 0 Å². The zero-order valence-electron chi connectivity index (χ0n) is 12.9. The Labute approximate surface area is 139 Å². The van der Waals surface area contributed by atoms with Crippen molar-refractivity contribution in [2.45, 2.75) is 26.4 Å². The van der Waals surface area contributed by atoms with E-state index in [2.05, 4.69) is 0 Å². The Bertz CT molecular complexity index is 771. The van der Waals surface area contributed by atoms with Crippen molar-refractivity contribution in [1.29, 1.82) is 5.26 Å². The molecule has 1 aromatic carbocycles. The topological polar surface area (TPSA) is 63.2 Å². The summed E-state index contributed by atoms with van der Waals surface area (Å²) in [5, 5.41) is 9.69. The van der Waals surface area contributed by atoms with Crippen LogP contribution >= 0.6 is 11.6 Å². The van der Waals surface area contributed by atoms with Gasteiger partial charge in [0, 0.05) is 11.6 Å². The molecular formula is C18H16ClNO3. The van der Waals surface area contributed by atoms with Crippen LogP contribution in [0.4, 0.5) is 0 Å². The molecule has 118 valence electrons. The van der Waals surface area contributed by atoms with E-state index in [4.69, 9.17) is 26.0 Å². The van der Waals surface area contributed by atoms with Crippen LogP contribution in [-0.4, -0.2) is 12.1 Å². The summed E-state index contributed by atoms with van der Waals surface area (Å²) in [4.78, 5) is 11.9. The lowest BCUT2D eigenvalue weighted by Crippen LogP contribution is -2.15. The van der Waals surface area contributed by atoms with Crippen LogP contribution in [0.1, 0.15) is 26.0 Å². The van der Waals surface area contributed by atoms with Crippen LogP contribution < -0.4 is 0 Å². The van der Waals surface area contributed by atoms with Crippen molar-refractivity contribution in [2.24, 2.45) is 0 Å². The van der Waals surface area contributed by atoms with E-state index in [1.54, 1.807) is 25.1 Å². The molecule has 0 bridgehead atoms. The summed E-state index contributed by atoms with van der Waals surface area (Å²) in [6.07, 6.45) is 1.81. The molecule has 0 saturated heterocycles. The maximum absolute atomic E-state index is 11.9. The number of ether oxygens (including phenoxy) is 1. The van der Waals surface area contributed by atoms with Gasteiger partial charge in [0.2, 0.25) is 0 Å². The van der Waals surface area contributed by atoms with Gasteiger partial charge in [0.05, 0.1) is 11.1 Å². The summed E-state index contributed by atoms with van der Waals surface area (Å²) in [5.74, 6) is 0.296. The number of hydrogen-bond donors (Lipinski definition) is 0. The highest BCUT2D eigenvalue weighted by atomic mass is 35.5. The fourth-order valence-corrected chi connectivity index (χ4v) is 2.07. The Morgan fingerprint density at radius 1 is 1.39 bits per heavy atom. The molecule has 1 aromatic heterocycles. The SMILES string of the molecule is CC[C@H](C)OC(=O)/C(C#N)=C\c1ccc(-c2ccccc2Cl)o1. The smallest absolute Gasteiger partial charge is 0.349 e. The number of benzene rings is 1. The average Bonchev–Trinajstić information content (AvgIpc) is 3.01. The van der Waals surface area contributed by atoms with E-state index in [9.17, 15) is 4.79 Å². The first-order valence-electron chi connectivity index (χ1n) is 7.22. The lowest BCUT2D eigenvalue weighted by molar-refractivity contribution is -0.142. The van der Waals surface area contributed by atoms with Gasteiger partial charge in [-0.05, 0) is 37.6 Å². The zero-order valence-corrected chi connectivity index (χ0v) is 13.6. The molecule has 0 fully saturated rings. The molecule has 5 heteroatoms. The number of rotatable bonds is 5. The zero-order chi connectivity index (χ0) is 16.8. The van der Waals surface area contributed by atoms with Crippen LogP contribution in [0.5, 0.6) is 0 Å². The standard InChI is InChI=1S/C18H16ClNO3/c1-3-12(2)22-18(21)13(11-20)10-14-8-9-17(23-14)15-6-4-5-7-16(15)19/h4-10,12H,3H2,1-2H3/b13-10-/t12-/m0/s1. The van der Waals surface area contributed by atoms with Gasteiger partial charge in [0.15, 0.2) is 0 Å². The first kappa shape index (κ1) is 16.9. The third-order valence-corrected chi connectivity index (χ3v) is 3.61. The van der Waals surface area contributed by atoms with E-state index in [0.29, 0.717) is 23.0 Å². The van der Waals surface area contributed by atoms with Crippen LogP contribution in [0.2, 0.25) is 5.02 Å². The molecule has 1 atom stereocenters. The molecular weight excluding hydrogens is 314 g/mol. The molecule has 1 heterocycles. The first-order valence-corrected chi connectivity index (χ1v) is 7.60. The number of nitrogens with zero attached hydrogens (tertiary/aromatic N) is 1. The van der Waals surface area contributed by atoms with Crippen molar-refractivity contribution in [3.8, 4) is 17.4 Å². The summed E-state index contributed by atoms with van der Waals surface area (Å²) in [6.45, 7) is 3.67. The molecule has 0 saturated carbocycles. The lowest BCUT2D eigenvalue weighted by Gasteiger charge is -2.09. The fraction of sp³-hybridized carbons (Fsp3) is 0.222. The molecule has 2 aromatic rings. The van der Waals surface area contributed by atoms with Crippen LogP contribution in [0.3, 0.4) is 0 Å². The van der Waals surface area contributed by atoms with Gasteiger partial charge in [0.25, 0.3) is 0 Å². The van der Waals surface area contributed by atoms with Gasteiger partial charge < -0.3 is 9.15 Å². The number of carbonyl (C=O) groups excluding carboxylic acids is 1.